The third-order valence-corrected chi connectivity index (χ3v) is 2.41. The molecule has 0 amide bonds. The molecule has 0 aliphatic rings. The summed E-state index contributed by atoms with van der Waals surface area (Å²) in [6, 6.07) is 3.56. The van der Waals surface area contributed by atoms with Gasteiger partial charge in [-0.15, -0.1) is 0 Å². The van der Waals surface area contributed by atoms with Crippen LogP contribution in [0.3, 0.4) is 0 Å². The van der Waals surface area contributed by atoms with Crippen LogP contribution in [0.25, 0.3) is 0 Å². The fraction of sp³-hybridized carbons (Fsp3) is 0.0909. The lowest BCUT2D eigenvalue weighted by atomic mass is 10.3. The first-order valence-corrected chi connectivity index (χ1v) is 5.48. The van der Waals surface area contributed by atoms with Crippen LogP contribution in [0.4, 0.5) is 11.5 Å². The molecule has 0 atom stereocenters. The van der Waals surface area contributed by atoms with Gasteiger partial charge in [0.2, 0.25) is 5.88 Å². The average Bonchev–Trinajstić information content (AvgIpc) is 2.40. The zero-order valence-electron chi connectivity index (χ0n) is 9.62. The first-order chi connectivity index (χ1) is 8.70. The van der Waals surface area contributed by atoms with Gasteiger partial charge in [0.05, 0.1) is 24.6 Å². The average molecular weight is 261 g/mol. The van der Waals surface area contributed by atoms with Gasteiger partial charge >= 0.3 is 0 Å². The first-order valence-electron chi connectivity index (χ1n) is 5.07. The molecule has 0 radical (unpaired) electrons. The lowest BCUT2D eigenvalue weighted by Gasteiger charge is -2.09. The molecule has 92 valence electrons. The van der Waals surface area contributed by atoms with E-state index in [9.17, 15) is 0 Å². The number of pyridine rings is 1. The van der Waals surface area contributed by atoms with Crippen LogP contribution in [0, 0.1) is 0 Å². The maximum absolute atomic E-state index is 5.59. The van der Waals surface area contributed by atoms with Gasteiger partial charge in [0.25, 0.3) is 0 Å². The van der Waals surface area contributed by atoms with Crippen molar-refractivity contribution < 1.29 is 4.74 Å². The Kier molecular flexibility index (Phi) is 3.63. The summed E-state index contributed by atoms with van der Waals surface area (Å²) in [6.45, 7) is 0. The molecule has 0 spiro atoms. The number of methoxy groups -OCH3 is 1. The minimum Gasteiger partial charge on any atom is -0.481 e. The highest BCUT2D eigenvalue weighted by Crippen LogP contribution is 2.18. The van der Waals surface area contributed by atoms with Crippen molar-refractivity contribution in [1.29, 1.82) is 0 Å². The second-order valence-electron chi connectivity index (χ2n) is 3.36. The van der Waals surface area contributed by atoms with E-state index in [-0.39, 0.29) is 4.99 Å². The fourth-order valence-electron chi connectivity index (χ4n) is 1.32. The van der Waals surface area contributed by atoms with Crippen LogP contribution in [0.2, 0.25) is 0 Å². The van der Waals surface area contributed by atoms with Gasteiger partial charge in [-0.1, -0.05) is 12.2 Å². The third-order valence-electron chi connectivity index (χ3n) is 2.19. The van der Waals surface area contributed by atoms with Crippen LogP contribution in [0.15, 0.2) is 30.9 Å². The second kappa shape index (κ2) is 5.37. The molecule has 2 heterocycles. The Balaban J connectivity index is 2.25. The van der Waals surface area contributed by atoms with E-state index in [0.717, 1.165) is 5.69 Å². The van der Waals surface area contributed by atoms with Crippen molar-refractivity contribution in [3.8, 4) is 5.88 Å². The van der Waals surface area contributed by atoms with Crippen LogP contribution in [0.5, 0.6) is 5.88 Å². The Morgan fingerprint density at radius 2 is 2.17 bits per heavy atom. The van der Waals surface area contributed by atoms with Crippen molar-refractivity contribution in [3.63, 3.8) is 0 Å². The maximum Gasteiger partial charge on any atom is 0.213 e. The standard InChI is InChI=1S/C11H11N5OS/c1-17-9-3-2-7(4-14-9)16-11-8(10(12)18)5-13-6-15-11/h2-6H,1H3,(H2,12,18)(H,13,15,16). The maximum atomic E-state index is 5.59. The number of nitrogens with one attached hydrogen (secondary N) is 1. The van der Waals surface area contributed by atoms with E-state index < -0.39 is 0 Å². The number of nitrogens with two attached hydrogens (primary N) is 1. The Morgan fingerprint density at radius 1 is 1.33 bits per heavy atom. The molecule has 0 saturated carbocycles. The van der Waals surface area contributed by atoms with Crippen molar-refractivity contribution >= 4 is 28.7 Å². The fourth-order valence-corrected chi connectivity index (χ4v) is 1.47. The Bertz CT molecular complexity index is 558. The van der Waals surface area contributed by atoms with Gasteiger partial charge in [-0.3, -0.25) is 0 Å². The van der Waals surface area contributed by atoms with Gasteiger partial charge in [-0.05, 0) is 6.07 Å². The van der Waals surface area contributed by atoms with Gasteiger partial charge < -0.3 is 15.8 Å². The number of hydrogen-bond donors (Lipinski definition) is 2. The van der Waals surface area contributed by atoms with Crippen LogP contribution in [0.1, 0.15) is 5.56 Å². The largest absolute Gasteiger partial charge is 0.481 e. The summed E-state index contributed by atoms with van der Waals surface area (Å²) in [7, 11) is 1.56. The summed E-state index contributed by atoms with van der Waals surface area (Å²) in [4.78, 5) is 12.3. The monoisotopic (exact) mass is 261 g/mol. The van der Waals surface area contributed by atoms with Crippen LogP contribution >= 0.6 is 12.2 Å². The van der Waals surface area contributed by atoms with Gasteiger partial charge in [0, 0.05) is 12.3 Å². The minimum atomic E-state index is 0.236. The van der Waals surface area contributed by atoms with Crippen LogP contribution < -0.4 is 15.8 Å². The summed E-state index contributed by atoms with van der Waals surface area (Å²) < 4.78 is 4.98. The predicted molar refractivity (Wildman–Crippen MR) is 72.0 cm³/mol. The van der Waals surface area contributed by atoms with Gasteiger partial charge in [0.15, 0.2) is 0 Å². The molecule has 6 nitrogen and oxygen atoms in total. The Hall–Kier alpha value is -2.28. The molecule has 2 aromatic rings. The highest BCUT2D eigenvalue weighted by molar-refractivity contribution is 7.80. The summed E-state index contributed by atoms with van der Waals surface area (Å²) in [6.07, 6.45) is 4.61. The van der Waals surface area contributed by atoms with E-state index in [2.05, 4.69) is 20.3 Å². The van der Waals surface area contributed by atoms with Gasteiger partial charge in [-0.2, -0.15) is 0 Å². The molecule has 2 aromatic heterocycles. The smallest absolute Gasteiger partial charge is 0.213 e. The van der Waals surface area contributed by atoms with E-state index >= 15 is 0 Å². The molecule has 3 N–H and O–H groups in total. The van der Waals surface area contributed by atoms with E-state index in [4.69, 9.17) is 22.7 Å². The minimum absolute atomic E-state index is 0.236. The van der Waals surface area contributed by atoms with E-state index in [1.807, 2.05) is 6.07 Å². The van der Waals surface area contributed by atoms with Crippen molar-refractivity contribution in [1.82, 2.24) is 15.0 Å². The SMILES string of the molecule is COc1ccc(Nc2ncncc2C(N)=S)cn1. The molecule has 18 heavy (non-hydrogen) atoms. The Morgan fingerprint density at radius 3 is 2.78 bits per heavy atom. The molecule has 0 aliphatic carbocycles. The molecule has 7 heteroatoms. The summed E-state index contributed by atoms with van der Waals surface area (Å²) >= 11 is 4.93. The summed E-state index contributed by atoms with van der Waals surface area (Å²) in [5, 5.41) is 3.07. The number of nitrogens with zero attached hydrogens (tertiary/aromatic N) is 3. The molecule has 0 aromatic carbocycles. The molecular weight excluding hydrogens is 250 g/mol. The number of aromatic nitrogens is 3. The van der Waals surface area contributed by atoms with Crippen molar-refractivity contribution in [2.45, 2.75) is 0 Å². The van der Waals surface area contributed by atoms with E-state index in [1.54, 1.807) is 25.6 Å². The number of ether oxygens (including phenoxy) is 1. The predicted octanol–water partition coefficient (Wildman–Crippen LogP) is 1.26. The highest BCUT2D eigenvalue weighted by atomic mass is 32.1. The summed E-state index contributed by atoms with van der Waals surface area (Å²) in [5.74, 6) is 1.09. The van der Waals surface area contributed by atoms with Crippen molar-refractivity contribution in [2.75, 3.05) is 12.4 Å². The lowest BCUT2D eigenvalue weighted by Crippen LogP contribution is -2.13. The summed E-state index contributed by atoms with van der Waals surface area (Å²) in [5.41, 5.74) is 6.93. The zero-order valence-corrected chi connectivity index (χ0v) is 10.4. The Labute approximate surface area is 109 Å². The number of hydrogen-bond acceptors (Lipinski definition) is 6. The van der Waals surface area contributed by atoms with Crippen molar-refractivity contribution in [3.05, 3.63) is 36.4 Å². The first kappa shape index (κ1) is 12.2. The normalized spacial score (nSPS) is 9.83. The second-order valence-corrected chi connectivity index (χ2v) is 3.80. The van der Waals surface area contributed by atoms with E-state index in [0.29, 0.717) is 17.3 Å². The van der Waals surface area contributed by atoms with Crippen molar-refractivity contribution in [2.24, 2.45) is 5.73 Å². The molecular formula is C11H11N5OS. The molecule has 0 aliphatic heterocycles. The number of thiocarbonyl (C=S) groups is 1. The topological polar surface area (TPSA) is 86.0 Å². The molecule has 2 rings (SSSR count). The quantitative estimate of drug-likeness (QED) is 0.801. The number of rotatable bonds is 4. The van der Waals surface area contributed by atoms with Crippen LogP contribution in [-0.2, 0) is 0 Å². The molecule has 0 saturated heterocycles. The molecule has 0 fully saturated rings. The number of anilines is 2. The van der Waals surface area contributed by atoms with Gasteiger partial charge in [0.1, 0.15) is 17.1 Å². The third kappa shape index (κ3) is 2.69. The zero-order chi connectivity index (χ0) is 13.0. The highest BCUT2D eigenvalue weighted by Gasteiger charge is 2.07. The molecule has 0 unspecified atom stereocenters. The molecule has 0 bridgehead atoms. The van der Waals surface area contributed by atoms with Crippen LogP contribution in [-0.4, -0.2) is 27.1 Å². The lowest BCUT2D eigenvalue weighted by molar-refractivity contribution is 0.398. The van der Waals surface area contributed by atoms with E-state index in [1.165, 1.54) is 6.33 Å². The van der Waals surface area contributed by atoms with Gasteiger partial charge in [-0.25, -0.2) is 15.0 Å².